The molecule has 19 nitrogen and oxygen atoms in total. The molecule has 390 valence electrons. The summed E-state index contributed by atoms with van der Waals surface area (Å²) in [5, 5.41) is 6.85. The highest BCUT2D eigenvalue weighted by Gasteiger charge is 2.43. The second-order valence-corrected chi connectivity index (χ2v) is 19.4. The number of primary amides is 1. The van der Waals surface area contributed by atoms with Gasteiger partial charge in [0.1, 0.15) is 12.1 Å². The topological polar surface area (TPSA) is 235 Å². The Balaban J connectivity index is 1.37. The van der Waals surface area contributed by atoms with Crippen molar-refractivity contribution in [2.45, 2.75) is 123 Å². The largest absolute Gasteiger partial charge is 0.379 e. The van der Waals surface area contributed by atoms with Gasteiger partial charge in [0.05, 0.1) is 75.6 Å². The maximum absolute atomic E-state index is 14.6. The first-order chi connectivity index (χ1) is 33.3. The van der Waals surface area contributed by atoms with Gasteiger partial charge in [-0.25, -0.2) is 0 Å². The normalized spacial score (nSPS) is 18.6. The number of H-pyrrole nitrogens is 1. The van der Waals surface area contributed by atoms with Crippen molar-refractivity contribution in [3.05, 3.63) is 48.2 Å². The molecule has 2 aromatic rings. The number of aromatic nitrogens is 1. The van der Waals surface area contributed by atoms with Gasteiger partial charge in [-0.1, -0.05) is 73.1 Å². The van der Waals surface area contributed by atoms with Gasteiger partial charge in [-0.15, -0.1) is 0 Å². The third kappa shape index (κ3) is 14.9. The number of methoxy groups -OCH3 is 2. The molecule has 1 aromatic heterocycles. The zero-order chi connectivity index (χ0) is 51.8. The number of benzene rings is 1. The average Bonchev–Trinajstić information content (AvgIpc) is 4.06. The number of para-hydroxylation sites is 1. The molecular formula is C51H80N8O11. The van der Waals surface area contributed by atoms with Crippen LogP contribution in [0.5, 0.6) is 0 Å². The van der Waals surface area contributed by atoms with Gasteiger partial charge in [-0.05, 0) is 49.3 Å². The number of imide groups is 1. The van der Waals surface area contributed by atoms with E-state index in [1.165, 1.54) is 26.4 Å². The van der Waals surface area contributed by atoms with Crippen LogP contribution in [0.1, 0.15) is 79.7 Å². The predicted octanol–water partition coefficient (Wildman–Crippen LogP) is 2.66. The number of ether oxygens (including phenoxy) is 4. The van der Waals surface area contributed by atoms with E-state index >= 15 is 0 Å². The van der Waals surface area contributed by atoms with Gasteiger partial charge in [0.2, 0.25) is 29.5 Å². The molecule has 0 saturated carbocycles. The highest BCUT2D eigenvalue weighted by atomic mass is 16.5. The van der Waals surface area contributed by atoms with E-state index in [2.05, 4.69) is 15.6 Å². The van der Waals surface area contributed by atoms with Gasteiger partial charge in [0.15, 0.2) is 0 Å². The Morgan fingerprint density at radius 2 is 1.53 bits per heavy atom. The third-order valence-corrected chi connectivity index (χ3v) is 13.9. The number of likely N-dealkylation sites (N-methyl/N-ethyl adjacent to an activating group) is 2. The van der Waals surface area contributed by atoms with Gasteiger partial charge < -0.3 is 50.1 Å². The fourth-order valence-electron chi connectivity index (χ4n) is 9.81. The molecule has 1 aromatic carbocycles. The summed E-state index contributed by atoms with van der Waals surface area (Å²) in [6, 6.07) is 4.27. The number of nitrogens with zero attached hydrogens (tertiary/aromatic N) is 4. The molecule has 0 spiro atoms. The zero-order valence-electron chi connectivity index (χ0n) is 43.2. The van der Waals surface area contributed by atoms with Gasteiger partial charge in [-0.3, -0.25) is 43.4 Å². The van der Waals surface area contributed by atoms with Crippen molar-refractivity contribution in [3.8, 4) is 0 Å². The second kappa shape index (κ2) is 27.4. The van der Waals surface area contributed by atoms with E-state index in [4.69, 9.17) is 24.7 Å². The van der Waals surface area contributed by atoms with E-state index in [1.54, 1.807) is 23.8 Å². The lowest BCUT2D eigenvalue weighted by Gasteiger charge is -2.41. The van der Waals surface area contributed by atoms with E-state index < -0.39 is 60.1 Å². The van der Waals surface area contributed by atoms with Crippen LogP contribution in [0.15, 0.2) is 42.6 Å². The van der Waals surface area contributed by atoms with Crippen LogP contribution in [0.3, 0.4) is 0 Å². The van der Waals surface area contributed by atoms with Crippen LogP contribution in [0.2, 0.25) is 0 Å². The van der Waals surface area contributed by atoms with E-state index in [1.807, 2.05) is 84.0 Å². The van der Waals surface area contributed by atoms with Crippen LogP contribution in [0.4, 0.5) is 0 Å². The number of rotatable bonds is 30. The molecule has 1 fully saturated rings. The SMILES string of the molecule is CCC(C)C(C(CC(=O)N1CCC[C@H]1C(OC)C(C)C(=O)NC(Cc1c[nH]c2ccccc12)C(N)=O)OC)N(C)C(=O)C(NC(=O)C(C(C)C)N(C)CCOCCOCCN1C(=O)C=CC1=O)C(C)C. The van der Waals surface area contributed by atoms with E-state index in [0.717, 1.165) is 21.4 Å². The molecule has 19 heteroatoms. The molecule has 5 N–H and O–H groups in total. The van der Waals surface area contributed by atoms with Crippen molar-refractivity contribution in [1.29, 1.82) is 0 Å². The molecule has 4 rings (SSSR count). The summed E-state index contributed by atoms with van der Waals surface area (Å²) in [4.78, 5) is 103. The molecule has 7 amide bonds. The molecule has 0 aliphatic carbocycles. The summed E-state index contributed by atoms with van der Waals surface area (Å²) in [6.45, 7) is 15.5. The fourth-order valence-corrected chi connectivity index (χ4v) is 9.81. The van der Waals surface area contributed by atoms with Crippen LogP contribution in [0, 0.1) is 23.7 Å². The molecule has 8 unspecified atom stereocenters. The molecule has 0 radical (unpaired) electrons. The average molecular weight is 981 g/mol. The zero-order valence-corrected chi connectivity index (χ0v) is 43.2. The minimum atomic E-state index is -0.974. The molecule has 9 atom stereocenters. The van der Waals surface area contributed by atoms with Crippen molar-refractivity contribution in [1.82, 2.24) is 35.2 Å². The predicted molar refractivity (Wildman–Crippen MR) is 265 cm³/mol. The van der Waals surface area contributed by atoms with Gasteiger partial charge >= 0.3 is 0 Å². The monoisotopic (exact) mass is 981 g/mol. The number of hydrogen-bond acceptors (Lipinski definition) is 12. The molecule has 3 heterocycles. The molecule has 1 saturated heterocycles. The number of fused-ring (bicyclic) bond motifs is 1. The fraction of sp³-hybridized carbons (Fsp3) is 0.667. The molecule has 70 heavy (non-hydrogen) atoms. The first-order valence-corrected chi connectivity index (χ1v) is 24.7. The first kappa shape index (κ1) is 57.4. The third-order valence-electron chi connectivity index (χ3n) is 13.9. The number of carbonyl (C=O) groups excluding carboxylic acids is 7. The van der Waals surface area contributed by atoms with Crippen LogP contribution in [0.25, 0.3) is 10.9 Å². The van der Waals surface area contributed by atoms with Crippen LogP contribution < -0.4 is 16.4 Å². The lowest BCUT2D eigenvalue weighted by molar-refractivity contribution is -0.148. The minimum Gasteiger partial charge on any atom is -0.379 e. The van der Waals surface area contributed by atoms with Crippen molar-refractivity contribution < 1.29 is 52.5 Å². The highest BCUT2D eigenvalue weighted by Crippen LogP contribution is 2.30. The lowest BCUT2D eigenvalue weighted by Crippen LogP contribution is -2.60. The number of likely N-dealkylation sites (tertiary alicyclic amines) is 1. The second-order valence-electron chi connectivity index (χ2n) is 19.4. The Morgan fingerprint density at radius 1 is 0.871 bits per heavy atom. The standard InChI is InChI=1S/C51H80N8O11/c1-12-33(6)46(57(9)51(66)44(31(2)3)55-50(65)45(32(4)5)56(8)22-24-69-26-27-70-25-23-59-41(60)19-20-42(59)61)40(67-10)29-43(62)58-21-15-18-39(58)47(68-11)34(7)49(64)54-38(48(52)63)28-35-30-53-37-17-14-13-16-36(35)37/h13-14,16-17,19-20,30-34,38-40,44-47,53H,12,15,18,21-29H2,1-11H3,(H2,52,63)(H,54,64)(H,55,65)/t33?,34?,38?,39-,40?,44?,45?,46?,47?/m0/s1. The Kier molecular flexibility index (Phi) is 22.5. The minimum absolute atomic E-state index is 0.0452. The summed E-state index contributed by atoms with van der Waals surface area (Å²) in [5.74, 6) is -3.83. The van der Waals surface area contributed by atoms with Crippen LogP contribution in [-0.4, -0.2) is 183 Å². The lowest BCUT2D eigenvalue weighted by atomic mass is 9.89. The Bertz CT molecular complexity index is 2090. The Hall–Kier alpha value is -5.21. The number of nitrogens with two attached hydrogens (primary N) is 1. The van der Waals surface area contributed by atoms with E-state index in [9.17, 15) is 33.6 Å². The van der Waals surface area contributed by atoms with Gasteiger partial charge in [0, 0.05) is 70.0 Å². The molecule has 2 aliphatic rings. The van der Waals surface area contributed by atoms with Crippen molar-refractivity contribution >= 4 is 52.3 Å². The van der Waals surface area contributed by atoms with Crippen LogP contribution in [-0.2, 0) is 58.9 Å². The van der Waals surface area contributed by atoms with Crippen molar-refractivity contribution in [3.63, 3.8) is 0 Å². The number of carbonyl (C=O) groups is 7. The maximum atomic E-state index is 14.6. The van der Waals surface area contributed by atoms with Crippen molar-refractivity contribution in [2.75, 3.05) is 74.4 Å². The summed E-state index contributed by atoms with van der Waals surface area (Å²) < 4.78 is 23.3. The Morgan fingerprint density at radius 3 is 2.13 bits per heavy atom. The van der Waals surface area contributed by atoms with Crippen LogP contribution >= 0.6 is 0 Å². The van der Waals surface area contributed by atoms with E-state index in [0.29, 0.717) is 39.0 Å². The summed E-state index contributed by atoms with van der Waals surface area (Å²) in [7, 11) is 6.58. The molecule has 2 aliphatic heterocycles. The maximum Gasteiger partial charge on any atom is 0.253 e. The number of amides is 7. The van der Waals surface area contributed by atoms with E-state index in [-0.39, 0.29) is 86.5 Å². The van der Waals surface area contributed by atoms with Gasteiger partial charge in [0.25, 0.3) is 11.8 Å². The molecule has 0 bridgehead atoms. The number of hydrogen-bond donors (Lipinski definition) is 4. The smallest absolute Gasteiger partial charge is 0.253 e. The highest BCUT2D eigenvalue weighted by molar-refractivity contribution is 6.12. The van der Waals surface area contributed by atoms with Gasteiger partial charge in [-0.2, -0.15) is 0 Å². The summed E-state index contributed by atoms with van der Waals surface area (Å²) in [6.07, 6.45) is 4.99. The molecular weight excluding hydrogens is 901 g/mol. The number of aromatic amines is 1. The summed E-state index contributed by atoms with van der Waals surface area (Å²) in [5.41, 5.74) is 7.55. The number of nitrogens with one attached hydrogen (secondary N) is 3. The van der Waals surface area contributed by atoms with Crippen molar-refractivity contribution in [2.24, 2.45) is 29.4 Å². The summed E-state index contributed by atoms with van der Waals surface area (Å²) >= 11 is 0. The Labute approximate surface area is 413 Å². The quantitative estimate of drug-likeness (QED) is 0.0654. The first-order valence-electron chi connectivity index (χ1n) is 24.7.